The molecule has 2 aromatic rings. The lowest BCUT2D eigenvalue weighted by molar-refractivity contribution is -0.126. The van der Waals surface area contributed by atoms with E-state index in [0.717, 1.165) is 32.4 Å². The Hall–Kier alpha value is -1.52. The van der Waals surface area contributed by atoms with Gasteiger partial charge in [-0.05, 0) is 48.8 Å². The van der Waals surface area contributed by atoms with Gasteiger partial charge in [-0.15, -0.1) is 11.3 Å². The van der Waals surface area contributed by atoms with E-state index in [1.165, 1.54) is 10.4 Å². The van der Waals surface area contributed by atoms with Gasteiger partial charge in [0.1, 0.15) is 5.82 Å². The lowest BCUT2D eigenvalue weighted by Crippen LogP contribution is -2.38. The van der Waals surface area contributed by atoms with E-state index in [1.807, 2.05) is 6.07 Å². The van der Waals surface area contributed by atoms with Crippen LogP contribution in [0, 0.1) is 18.7 Å². The number of halogens is 1. The maximum atomic E-state index is 14.7. The highest BCUT2D eigenvalue weighted by Gasteiger charge is 2.40. The van der Waals surface area contributed by atoms with Gasteiger partial charge in [-0.2, -0.15) is 0 Å². The maximum Gasteiger partial charge on any atom is 0.157 e. The monoisotopic (exact) mass is 329 g/mol. The number of thiophene rings is 1. The molecule has 1 aliphatic heterocycles. The van der Waals surface area contributed by atoms with Crippen LogP contribution < -0.4 is 0 Å². The summed E-state index contributed by atoms with van der Waals surface area (Å²) in [7, 11) is 0. The highest BCUT2D eigenvalue weighted by molar-refractivity contribution is 7.10. The largest absolute Gasteiger partial charge is 0.297 e. The summed E-state index contributed by atoms with van der Waals surface area (Å²) >= 11 is 1.78. The molecule has 4 heteroatoms. The molecule has 1 aromatic heterocycles. The predicted octanol–water partition coefficient (Wildman–Crippen LogP) is 4.27. The van der Waals surface area contributed by atoms with Crippen LogP contribution in [-0.2, 0) is 17.8 Å². The number of fused-ring (bicyclic) bond motifs is 1. The van der Waals surface area contributed by atoms with Crippen LogP contribution in [0.2, 0.25) is 0 Å². The van der Waals surface area contributed by atoms with Crippen molar-refractivity contribution in [3.05, 3.63) is 57.0 Å². The number of carbonyl (C=O) groups excluding carboxylic acids is 1. The Bertz CT molecular complexity index is 750. The highest BCUT2D eigenvalue weighted by Crippen LogP contribution is 2.40. The van der Waals surface area contributed by atoms with E-state index in [4.69, 9.17) is 0 Å². The third kappa shape index (κ3) is 2.74. The van der Waals surface area contributed by atoms with E-state index < -0.39 is 6.04 Å². The fourth-order valence-electron chi connectivity index (χ4n) is 3.49. The minimum absolute atomic E-state index is 0.129. The molecule has 4 rings (SSSR count). The third-order valence-electron chi connectivity index (χ3n) is 4.97. The molecule has 0 amide bonds. The molecule has 0 saturated heterocycles. The van der Waals surface area contributed by atoms with E-state index in [-0.39, 0.29) is 17.5 Å². The Kier molecular flexibility index (Phi) is 3.82. The van der Waals surface area contributed by atoms with Gasteiger partial charge >= 0.3 is 0 Å². The molecule has 120 valence electrons. The Labute approximate surface area is 139 Å². The van der Waals surface area contributed by atoms with Crippen molar-refractivity contribution in [1.82, 2.24) is 4.90 Å². The molecule has 1 atom stereocenters. The van der Waals surface area contributed by atoms with Crippen molar-refractivity contribution in [2.45, 2.75) is 38.8 Å². The Morgan fingerprint density at radius 3 is 2.96 bits per heavy atom. The molecule has 1 aromatic carbocycles. The maximum absolute atomic E-state index is 14.7. The van der Waals surface area contributed by atoms with Crippen molar-refractivity contribution >= 4 is 17.1 Å². The van der Waals surface area contributed by atoms with Gasteiger partial charge < -0.3 is 0 Å². The van der Waals surface area contributed by atoms with E-state index >= 15 is 0 Å². The fourth-order valence-corrected chi connectivity index (χ4v) is 4.38. The zero-order chi connectivity index (χ0) is 16.0. The van der Waals surface area contributed by atoms with Gasteiger partial charge in [-0.25, -0.2) is 4.39 Å². The quantitative estimate of drug-likeness (QED) is 0.835. The van der Waals surface area contributed by atoms with Crippen LogP contribution in [0.25, 0.3) is 0 Å². The average Bonchev–Trinajstić information content (AvgIpc) is 3.30. The van der Waals surface area contributed by atoms with Crippen molar-refractivity contribution in [1.29, 1.82) is 0 Å². The predicted molar refractivity (Wildman–Crippen MR) is 90.0 cm³/mol. The standard InChI is InChI=1S/C19H20FNOS/c1-12-3-2-4-15(17(12)20)18(19(22)13-5-6-13)21-9-7-16-14(11-21)8-10-23-16/h2-4,8,10,13,18H,5-7,9,11H2,1H3. The summed E-state index contributed by atoms with van der Waals surface area (Å²) < 4.78 is 14.7. The van der Waals surface area contributed by atoms with Gasteiger partial charge in [0, 0.05) is 29.4 Å². The molecule has 0 radical (unpaired) electrons. The summed E-state index contributed by atoms with van der Waals surface area (Å²) in [5, 5.41) is 2.11. The molecule has 2 heterocycles. The van der Waals surface area contributed by atoms with Crippen LogP contribution in [0.1, 0.15) is 40.5 Å². The van der Waals surface area contributed by atoms with Crippen LogP contribution in [0.5, 0.6) is 0 Å². The smallest absolute Gasteiger partial charge is 0.157 e. The van der Waals surface area contributed by atoms with E-state index in [1.54, 1.807) is 30.4 Å². The second kappa shape index (κ2) is 5.84. The molecule has 2 aliphatic rings. The van der Waals surface area contributed by atoms with Crippen LogP contribution >= 0.6 is 11.3 Å². The van der Waals surface area contributed by atoms with Crippen molar-refractivity contribution in [2.75, 3.05) is 6.54 Å². The first-order chi connectivity index (χ1) is 11.1. The Morgan fingerprint density at radius 2 is 2.17 bits per heavy atom. The van der Waals surface area contributed by atoms with Gasteiger partial charge in [0.15, 0.2) is 5.78 Å². The summed E-state index contributed by atoms with van der Waals surface area (Å²) in [6, 6.07) is 7.12. The van der Waals surface area contributed by atoms with Gasteiger partial charge in [-0.3, -0.25) is 9.69 Å². The zero-order valence-electron chi connectivity index (χ0n) is 13.2. The SMILES string of the molecule is Cc1cccc(C(C(=O)C2CC2)N2CCc3sccc3C2)c1F. The molecule has 1 saturated carbocycles. The van der Waals surface area contributed by atoms with E-state index in [2.05, 4.69) is 16.3 Å². The second-order valence-electron chi connectivity index (χ2n) is 6.65. The first kappa shape index (κ1) is 15.0. The average molecular weight is 329 g/mol. The highest BCUT2D eigenvalue weighted by atomic mass is 32.1. The molecule has 23 heavy (non-hydrogen) atoms. The summed E-state index contributed by atoms with van der Waals surface area (Å²) in [4.78, 5) is 16.5. The number of hydrogen-bond acceptors (Lipinski definition) is 3. The normalized spacial score (nSPS) is 19.4. The zero-order valence-corrected chi connectivity index (χ0v) is 14.0. The van der Waals surface area contributed by atoms with E-state index in [0.29, 0.717) is 11.1 Å². The number of hydrogen-bond donors (Lipinski definition) is 0. The molecule has 1 fully saturated rings. The number of carbonyl (C=O) groups is 1. The molecule has 0 N–H and O–H groups in total. The second-order valence-corrected chi connectivity index (χ2v) is 7.65. The summed E-state index contributed by atoms with van der Waals surface area (Å²) in [5.41, 5.74) is 2.47. The molecule has 0 spiro atoms. The molecule has 1 unspecified atom stereocenters. The lowest BCUT2D eigenvalue weighted by atomic mass is 9.94. The first-order valence-electron chi connectivity index (χ1n) is 8.23. The molecular formula is C19H20FNOS. The van der Waals surface area contributed by atoms with Crippen LogP contribution in [0.4, 0.5) is 4.39 Å². The first-order valence-corrected chi connectivity index (χ1v) is 9.11. The fraction of sp³-hybridized carbons (Fsp3) is 0.421. The van der Waals surface area contributed by atoms with Gasteiger partial charge in [-0.1, -0.05) is 18.2 Å². The van der Waals surface area contributed by atoms with Crippen LogP contribution in [0.3, 0.4) is 0 Å². The van der Waals surface area contributed by atoms with Crippen molar-refractivity contribution in [3.63, 3.8) is 0 Å². The summed E-state index contributed by atoms with van der Waals surface area (Å²) in [5.74, 6) is 0.111. The summed E-state index contributed by atoms with van der Waals surface area (Å²) in [6.07, 6.45) is 2.87. The van der Waals surface area contributed by atoms with Crippen LogP contribution in [0.15, 0.2) is 29.6 Å². The van der Waals surface area contributed by atoms with Crippen molar-refractivity contribution in [3.8, 4) is 0 Å². The minimum Gasteiger partial charge on any atom is -0.297 e. The number of aryl methyl sites for hydroxylation is 1. The minimum atomic E-state index is -0.435. The third-order valence-corrected chi connectivity index (χ3v) is 5.99. The number of benzene rings is 1. The summed E-state index contributed by atoms with van der Waals surface area (Å²) in [6.45, 7) is 3.34. The van der Waals surface area contributed by atoms with E-state index in [9.17, 15) is 9.18 Å². The number of ketones is 1. The molecule has 2 nitrogen and oxygen atoms in total. The van der Waals surface area contributed by atoms with Crippen LogP contribution in [-0.4, -0.2) is 17.2 Å². The lowest BCUT2D eigenvalue weighted by Gasteiger charge is -2.34. The number of nitrogens with zero attached hydrogens (tertiary/aromatic N) is 1. The van der Waals surface area contributed by atoms with Gasteiger partial charge in [0.05, 0.1) is 6.04 Å². The molecule has 1 aliphatic carbocycles. The van der Waals surface area contributed by atoms with Gasteiger partial charge in [0.2, 0.25) is 0 Å². The van der Waals surface area contributed by atoms with Gasteiger partial charge in [0.25, 0.3) is 0 Å². The number of Topliss-reactive ketones (excluding diaryl/α,β-unsaturated/α-hetero) is 1. The topological polar surface area (TPSA) is 20.3 Å². The number of rotatable bonds is 4. The molecular weight excluding hydrogens is 309 g/mol. The Balaban J connectivity index is 1.71. The molecule has 0 bridgehead atoms. The Morgan fingerprint density at radius 1 is 1.35 bits per heavy atom. The van der Waals surface area contributed by atoms with Crippen molar-refractivity contribution < 1.29 is 9.18 Å². The van der Waals surface area contributed by atoms with Crippen molar-refractivity contribution in [2.24, 2.45) is 5.92 Å².